The highest BCUT2D eigenvalue weighted by molar-refractivity contribution is 7.16. The van der Waals surface area contributed by atoms with Crippen molar-refractivity contribution < 1.29 is 14.7 Å². The maximum atomic E-state index is 11.8. The fraction of sp³-hybridized carbons (Fsp3) is 0.455. The monoisotopic (exact) mass is 275 g/mol. The molecule has 0 saturated heterocycles. The molecular formula is C11H14ClNO3S. The Kier molecular flexibility index (Phi) is 4.96. The summed E-state index contributed by atoms with van der Waals surface area (Å²) in [4.78, 5) is 23.1. The van der Waals surface area contributed by atoms with Crippen LogP contribution in [0.1, 0.15) is 31.1 Å². The lowest BCUT2D eigenvalue weighted by atomic mass is 10.1. The molecule has 0 aromatic carbocycles. The first-order valence-corrected chi connectivity index (χ1v) is 6.37. The van der Waals surface area contributed by atoms with Crippen molar-refractivity contribution in [3.05, 3.63) is 21.3 Å². The molecule has 1 aromatic rings. The van der Waals surface area contributed by atoms with Crippen molar-refractivity contribution in [3.8, 4) is 0 Å². The zero-order valence-electron chi connectivity index (χ0n) is 9.57. The van der Waals surface area contributed by atoms with E-state index in [-0.39, 0.29) is 24.3 Å². The third kappa shape index (κ3) is 4.36. The molecule has 0 aliphatic rings. The van der Waals surface area contributed by atoms with Crippen molar-refractivity contribution in [2.24, 2.45) is 0 Å². The van der Waals surface area contributed by atoms with E-state index in [0.29, 0.717) is 4.34 Å². The van der Waals surface area contributed by atoms with Gasteiger partial charge in [-0.2, -0.15) is 0 Å². The number of carbonyl (C=O) groups excluding carboxylic acids is 1. The largest absolute Gasteiger partial charge is 0.481 e. The number of halogens is 1. The van der Waals surface area contributed by atoms with E-state index in [1.165, 1.54) is 11.3 Å². The Morgan fingerprint density at radius 1 is 1.47 bits per heavy atom. The zero-order valence-corrected chi connectivity index (χ0v) is 11.1. The Morgan fingerprint density at radius 2 is 2.12 bits per heavy atom. The predicted molar refractivity (Wildman–Crippen MR) is 67.6 cm³/mol. The minimum atomic E-state index is -0.926. The first-order valence-electron chi connectivity index (χ1n) is 5.17. The first-order chi connectivity index (χ1) is 7.90. The molecule has 0 radical (unpaired) electrons. The van der Waals surface area contributed by atoms with Gasteiger partial charge in [0.1, 0.15) is 0 Å². The molecule has 0 spiro atoms. The molecule has 0 aliphatic heterocycles. The summed E-state index contributed by atoms with van der Waals surface area (Å²) >= 11 is 7.15. The summed E-state index contributed by atoms with van der Waals surface area (Å²) in [5.74, 6) is -1.43. The molecule has 1 amide bonds. The van der Waals surface area contributed by atoms with Crippen molar-refractivity contribution in [1.82, 2.24) is 5.32 Å². The number of carboxylic acid groups (broad SMARTS) is 1. The van der Waals surface area contributed by atoms with Gasteiger partial charge in [0.15, 0.2) is 0 Å². The van der Waals surface area contributed by atoms with Crippen LogP contribution < -0.4 is 5.32 Å². The van der Waals surface area contributed by atoms with Gasteiger partial charge in [-0.15, -0.1) is 11.3 Å². The van der Waals surface area contributed by atoms with Gasteiger partial charge in [-0.1, -0.05) is 11.6 Å². The van der Waals surface area contributed by atoms with E-state index in [4.69, 9.17) is 16.7 Å². The second-order valence-corrected chi connectivity index (χ2v) is 5.62. The van der Waals surface area contributed by atoms with Crippen LogP contribution in [0.3, 0.4) is 0 Å². The van der Waals surface area contributed by atoms with E-state index in [0.717, 1.165) is 4.88 Å². The lowest BCUT2D eigenvalue weighted by molar-refractivity contribution is -0.137. The number of carbonyl (C=O) groups is 2. The second kappa shape index (κ2) is 6.02. The molecule has 0 saturated carbocycles. The van der Waals surface area contributed by atoms with Crippen molar-refractivity contribution in [1.29, 1.82) is 0 Å². The standard InChI is InChI=1S/C11H14ClNO3S/c1-6(5-10(14)15)13-11(16)7(2)8-3-4-9(12)17-8/h3-4,6-7H,5H2,1-2H3,(H,13,16)(H,14,15). The quantitative estimate of drug-likeness (QED) is 0.868. The third-order valence-corrected chi connectivity index (χ3v) is 3.70. The van der Waals surface area contributed by atoms with E-state index in [2.05, 4.69) is 5.32 Å². The highest BCUT2D eigenvalue weighted by Gasteiger charge is 2.19. The van der Waals surface area contributed by atoms with Gasteiger partial charge in [0, 0.05) is 10.9 Å². The Morgan fingerprint density at radius 3 is 2.59 bits per heavy atom. The van der Waals surface area contributed by atoms with Crippen LogP contribution in [0.15, 0.2) is 12.1 Å². The van der Waals surface area contributed by atoms with Crippen LogP contribution in [-0.4, -0.2) is 23.0 Å². The van der Waals surface area contributed by atoms with Crippen LogP contribution in [-0.2, 0) is 9.59 Å². The normalized spacial score (nSPS) is 14.1. The number of aliphatic carboxylic acids is 1. The Labute approximate surface area is 109 Å². The van der Waals surface area contributed by atoms with Crippen LogP contribution in [0.4, 0.5) is 0 Å². The van der Waals surface area contributed by atoms with Gasteiger partial charge in [-0.25, -0.2) is 0 Å². The van der Waals surface area contributed by atoms with Gasteiger partial charge in [0.05, 0.1) is 16.7 Å². The van der Waals surface area contributed by atoms with E-state index in [1.807, 2.05) is 0 Å². The van der Waals surface area contributed by atoms with Gasteiger partial charge in [0.25, 0.3) is 0 Å². The van der Waals surface area contributed by atoms with E-state index >= 15 is 0 Å². The minimum absolute atomic E-state index is 0.0797. The van der Waals surface area contributed by atoms with E-state index < -0.39 is 5.97 Å². The van der Waals surface area contributed by atoms with Gasteiger partial charge in [-0.3, -0.25) is 9.59 Å². The predicted octanol–water partition coefficient (Wildman–Crippen LogP) is 2.48. The maximum Gasteiger partial charge on any atom is 0.305 e. The van der Waals surface area contributed by atoms with Crippen LogP contribution in [0, 0.1) is 0 Å². The van der Waals surface area contributed by atoms with Gasteiger partial charge in [0.2, 0.25) is 5.91 Å². The number of amides is 1. The highest BCUT2D eigenvalue weighted by atomic mass is 35.5. The molecule has 2 N–H and O–H groups in total. The average Bonchev–Trinajstić information content (AvgIpc) is 2.62. The van der Waals surface area contributed by atoms with Crippen LogP contribution in [0.25, 0.3) is 0 Å². The molecule has 0 aliphatic carbocycles. The van der Waals surface area contributed by atoms with Crippen LogP contribution in [0.2, 0.25) is 4.34 Å². The van der Waals surface area contributed by atoms with Crippen LogP contribution >= 0.6 is 22.9 Å². The topological polar surface area (TPSA) is 66.4 Å². The lowest BCUT2D eigenvalue weighted by Gasteiger charge is -2.15. The summed E-state index contributed by atoms with van der Waals surface area (Å²) < 4.78 is 0.637. The lowest BCUT2D eigenvalue weighted by Crippen LogP contribution is -2.36. The van der Waals surface area contributed by atoms with Gasteiger partial charge < -0.3 is 10.4 Å². The maximum absolute atomic E-state index is 11.8. The minimum Gasteiger partial charge on any atom is -0.481 e. The third-order valence-electron chi connectivity index (χ3n) is 2.28. The Bertz CT molecular complexity index is 419. The van der Waals surface area contributed by atoms with Gasteiger partial charge >= 0.3 is 5.97 Å². The summed E-state index contributed by atoms with van der Waals surface area (Å²) in [6, 6.07) is 3.17. The second-order valence-electron chi connectivity index (χ2n) is 3.87. The van der Waals surface area contributed by atoms with E-state index in [1.54, 1.807) is 26.0 Å². The SMILES string of the molecule is CC(CC(=O)O)NC(=O)C(C)c1ccc(Cl)s1. The molecule has 2 atom stereocenters. The molecular weight excluding hydrogens is 262 g/mol. The summed E-state index contributed by atoms with van der Waals surface area (Å²) in [6.45, 7) is 3.44. The smallest absolute Gasteiger partial charge is 0.305 e. The fourth-order valence-corrected chi connectivity index (χ4v) is 2.48. The van der Waals surface area contributed by atoms with Crippen molar-refractivity contribution in [3.63, 3.8) is 0 Å². The van der Waals surface area contributed by atoms with Gasteiger partial charge in [-0.05, 0) is 26.0 Å². The Balaban J connectivity index is 2.55. The van der Waals surface area contributed by atoms with Crippen molar-refractivity contribution >= 4 is 34.8 Å². The first kappa shape index (κ1) is 14.0. The molecule has 0 bridgehead atoms. The fourth-order valence-electron chi connectivity index (χ4n) is 1.37. The summed E-state index contributed by atoms with van der Waals surface area (Å²) in [6.07, 6.45) is -0.0797. The zero-order chi connectivity index (χ0) is 13.0. The number of rotatable bonds is 5. The summed E-state index contributed by atoms with van der Waals surface area (Å²) in [5, 5.41) is 11.3. The van der Waals surface area contributed by atoms with E-state index in [9.17, 15) is 9.59 Å². The molecule has 1 aromatic heterocycles. The number of hydrogen-bond acceptors (Lipinski definition) is 3. The van der Waals surface area contributed by atoms with Crippen molar-refractivity contribution in [2.75, 3.05) is 0 Å². The van der Waals surface area contributed by atoms with Crippen LogP contribution in [0.5, 0.6) is 0 Å². The average molecular weight is 276 g/mol. The molecule has 17 heavy (non-hydrogen) atoms. The molecule has 2 unspecified atom stereocenters. The molecule has 0 fully saturated rings. The number of thiophene rings is 1. The molecule has 6 heteroatoms. The molecule has 1 heterocycles. The summed E-state index contributed by atoms with van der Waals surface area (Å²) in [7, 11) is 0. The number of nitrogens with one attached hydrogen (secondary N) is 1. The molecule has 4 nitrogen and oxygen atoms in total. The number of carboxylic acids is 1. The van der Waals surface area contributed by atoms with Crippen molar-refractivity contribution in [2.45, 2.75) is 32.2 Å². The molecule has 1 rings (SSSR count). The highest BCUT2D eigenvalue weighted by Crippen LogP contribution is 2.28. The molecule has 94 valence electrons. The summed E-state index contributed by atoms with van der Waals surface area (Å²) in [5.41, 5.74) is 0. The number of hydrogen-bond donors (Lipinski definition) is 2. The Hall–Kier alpha value is -1.07.